The fourth-order valence-electron chi connectivity index (χ4n) is 2.61. The number of methoxy groups -OCH3 is 1. The van der Waals surface area contributed by atoms with Crippen LogP contribution in [0.1, 0.15) is 42.3 Å². The van der Waals surface area contributed by atoms with E-state index in [1.54, 1.807) is 13.2 Å². The van der Waals surface area contributed by atoms with E-state index < -0.39 is 10.7 Å². The summed E-state index contributed by atoms with van der Waals surface area (Å²) in [7, 11) is 1.56. The van der Waals surface area contributed by atoms with Crippen LogP contribution < -0.4 is 4.74 Å². The van der Waals surface area contributed by atoms with Crippen molar-refractivity contribution in [2.75, 3.05) is 7.11 Å². The van der Waals surface area contributed by atoms with Crippen LogP contribution in [0.15, 0.2) is 40.9 Å². The van der Waals surface area contributed by atoms with Gasteiger partial charge >= 0.3 is 0 Å². The smallest absolute Gasteiger partial charge is 0.270 e. The van der Waals surface area contributed by atoms with E-state index in [4.69, 9.17) is 4.74 Å². The summed E-state index contributed by atoms with van der Waals surface area (Å²) < 4.78 is 6.38. The molecule has 0 aliphatic heterocycles. The Hall–Kier alpha value is -2.67. The average molecular weight is 434 g/mol. The zero-order valence-electron chi connectivity index (χ0n) is 15.4. The fraction of sp³-hybridized carbons (Fsp3) is 0.250. The molecule has 0 spiro atoms. The van der Waals surface area contributed by atoms with Crippen LogP contribution in [0, 0.1) is 10.1 Å². The quantitative estimate of drug-likeness (QED) is 0.300. The molecular weight excluding hydrogens is 414 g/mol. The first kappa shape index (κ1) is 20.6. The highest BCUT2D eigenvalue weighted by atomic mass is 79.9. The summed E-state index contributed by atoms with van der Waals surface area (Å²) in [6.07, 6.45) is 2.83. The van der Waals surface area contributed by atoms with E-state index >= 15 is 0 Å². The monoisotopic (exact) mass is 433 g/mol. The first-order chi connectivity index (χ1) is 12.5. The minimum atomic E-state index is -0.618. The lowest BCUT2D eigenvalue weighted by molar-refractivity contribution is -0.384. The van der Waals surface area contributed by atoms with Crippen molar-refractivity contribution in [3.63, 3.8) is 0 Å². The number of non-ortho nitro benzene ring substituents is 1. The fourth-order valence-corrected chi connectivity index (χ4v) is 3.09. The summed E-state index contributed by atoms with van der Waals surface area (Å²) in [5, 5.41) is 20.8. The number of hydrogen-bond donors (Lipinski definition) is 1. The second-order valence-electron chi connectivity index (χ2n) is 6.98. The van der Waals surface area contributed by atoms with Crippen LogP contribution in [0.3, 0.4) is 0 Å². The third-order valence-electron chi connectivity index (χ3n) is 3.97. The van der Waals surface area contributed by atoms with Gasteiger partial charge in [0, 0.05) is 27.7 Å². The maximum atomic E-state index is 12.5. The maximum Gasteiger partial charge on any atom is 0.270 e. The molecule has 0 atom stereocenters. The van der Waals surface area contributed by atoms with Crippen molar-refractivity contribution in [3.05, 3.63) is 67.7 Å². The van der Waals surface area contributed by atoms with Gasteiger partial charge in [0.1, 0.15) is 11.5 Å². The first-order valence-corrected chi connectivity index (χ1v) is 8.91. The molecule has 2 aromatic rings. The van der Waals surface area contributed by atoms with Crippen molar-refractivity contribution in [1.82, 2.24) is 0 Å². The molecule has 0 saturated carbocycles. The van der Waals surface area contributed by atoms with Crippen molar-refractivity contribution in [3.8, 4) is 11.5 Å². The molecule has 0 radical (unpaired) electrons. The third kappa shape index (κ3) is 4.74. The standard InChI is InChI=1S/C20H20BrNO5/c1-20(2,3)16-10-13(21)9-12(19(16)27-4)5-7-17(23)15-11-14(22(25)26)6-8-18(15)24/h5-11,24H,1-4H3. The van der Waals surface area contributed by atoms with Crippen LogP contribution >= 0.6 is 15.9 Å². The summed E-state index contributed by atoms with van der Waals surface area (Å²) in [6.45, 7) is 6.16. The van der Waals surface area contributed by atoms with E-state index in [9.17, 15) is 20.0 Å². The van der Waals surface area contributed by atoms with Crippen molar-refractivity contribution >= 4 is 33.5 Å². The van der Waals surface area contributed by atoms with E-state index in [2.05, 4.69) is 36.7 Å². The molecule has 0 unspecified atom stereocenters. The topological polar surface area (TPSA) is 89.7 Å². The Kier molecular flexibility index (Phi) is 6.05. The van der Waals surface area contributed by atoms with Crippen LogP contribution in [-0.2, 0) is 5.41 Å². The molecule has 27 heavy (non-hydrogen) atoms. The van der Waals surface area contributed by atoms with Crippen LogP contribution in [0.4, 0.5) is 5.69 Å². The number of allylic oxidation sites excluding steroid dienone is 1. The number of nitro groups is 1. The Bertz CT molecular complexity index is 929. The lowest BCUT2D eigenvalue weighted by Crippen LogP contribution is -2.13. The molecule has 2 rings (SSSR count). The number of phenols is 1. The SMILES string of the molecule is COc1c(C=CC(=O)c2cc([N+](=O)[O-])ccc2O)cc(Br)cc1C(C)(C)C. The summed E-state index contributed by atoms with van der Waals surface area (Å²) >= 11 is 3.47. The molecule has 1 N–H and O–H groups in total. The number of benzene rings is 2. The Morgan fingerprint density at radius 2 is 1.93 bits per heavy atom. The van der Waals surface area contributed by atoms with Crippen molar-refractivity contribution in [1.29, 1.82) is 0 Å². The van der Waals surface area contributed by atoms with Crippen LogP contribution in [0.25, 0.3) is 6.08 Å². The number of carbonyl (C=O) groups is 1. The number of phenolic OH excluding ortho intramolecular Hbond substituents is 1. The van der Waals surface area contributed by atoms with Gasteiger partial charge in [0.2, 0.25) is 0 Å². The van der Waals surface area contributed by atoms with Crippen molar-refractivity contribution in [2.24, 2.45) is 0 Å². The van der Waals surface area contributed by atoms with Gasteiger partial charge in [-0.1, -0.05) is 36.7 Å². The highest BCUT2D eigenvalue weighted by Crippen LogP contribution is 2.37. The molecule has 142 valence electrons. The minimum absolute atomic E-state index is 0.134. The molecule has 0 aromatic heterocycles. The van der Waals surface area contributed by atoms with Gasteiger partial charge in [-0.25, -0.2) is 0 Å². The van der Waals surface area contributed by atoms with Gasteiger partial charge in [-0.15, -0.1) is 0 Å². The normalized spacial score (nSPS) is 11.6. The van der Waals surface area contributed by atoms with E-state index in [0.717, 1.165) is 28.2 Å². The average Bonchev–Trinajstić information content (AvgIpc) is 2.58. The van der Waals surface area contributed by atoms with Gasteiger partial charge in [0.15, 0.2) is 5.78 Å². The Morgan fingerprint density at radius 1 is 1.26 bits per heavy atom. The molecule has 0 aliphatic carbocycles. The molecule has 0 heterocycles. The largest absolute Gasteiger partial charge is 0.507 e. The molecule has 0 fully saturated rings. The van der Waals surface area contributed by atoms with E-state index in [1.165, 1.54) is 6.08 Å². The molecule has 0 saturated heterocycles. The number of carbonyl (C=O) groups excluding carboxylic acids is 1. The molecule has 7 heteroatoms. The predicted octanol–water partition coefficient (Wildman–Crippen LogP) is 5.27. The molecule has 0 aliphatic rings. The van der Waals surface area contributed by atoms with E-state index in [0.29, 0.717) is 11.3 Å². The Balaban J connectivity index is 2.47. The minimum Gasteiger partial charge on any atom is -0.507 e. The number of ether oxygens (including phenoxy) is 1. The van der Waals surface area contributed by atoms with Gasteiger partial charge in [-0.05, 0) is 35.8 Å². The molecule has 0 bridgehead atoms. The van der Waals surface area contributed by atoms with Gasteiger partial charge in [-0.3, -0.25) is 14.9 Å². The lowest BCUT2D eigenvalue weighted by atomic mass is 9.85. The van der Waals surface area contributed by atoms with Crippen LogP contribution in [-0.4, -0.2) is 22.9 Å². The van der Waals surface area contributed by atoms with Crippen LogP contribution in [0.5, 0.6) is 11.5 Å². The Labute approximate surface area is 165 Å². The summed E-state index contributed by atoms with van der Waals surface area (Å²) in [5.41, 5.74) is 1.06. The highest BCUT2D eigenvalue weighted by Gasteiger charge is 2.22. The van der Waals surface area contributed by atoms with Crippen molar-refractivity contribution in [2.45, 2.75) is 26.2 Å². The molecule has 0 amide bonds. The second-order valence-corrected chi connectivity index (χ2v) is 7.90. The number of ketones is 1. The number of nitro benzene ring substituents is 1. The number of hydrogen-bond acceptors (Lipinski definition) is 5. The molecule has 6 nitrogen and oxygen atoms in total. The Morgan fingerprint density at radius 3 is 2.48 bits per heavy atom. The number of aromatic hydroxyl groups is 1. The van der Waals surface area contributed by atoms with E-state index in [1.807, 2.05) is 12.1 Å². The molecular formula is C20H20BrNO5. The van der Waals surface area contributed by atoms with E-state index in [-0.39, 0.29) is 22.4 Å². The summed E-state index contributed by atoms with van der Waals surface area (Å²) in [6, 6.07) is 7.11. The van der Waals surface area contributed by atoms with Gasteiger partial charge < -0.3 is 9.84 Å². The first-order valence-electron chi connectivity index (χ1n) is 8.12. The number of halogens is 1. The maximum absolute atomic E-state index is 12.5. The number of nitrogens with zero attached hydrogens (tertiary/aromatic N) is 1. The van der Waals surface area contributed by atoms with Gasteiger partial charge in [0.25, 0.3) is 5.69 Å². The van der Waals surface area contributed by atoms with Gasteiger partial charge in [0.05, 0.1) is 17.6 Å². The van der Waals surface area contributed by atoms with Crippen molar-refractivity contribution < 1.29 is 19.6 Å². The molecule has 2 aromatic carbocycles. The van der Waals surface area contributed by atoms with Crippen LogP contribution in [0.2, 0.25) is 0 Å². The second kappa shape index (κ2) is 7.92. The summed E-state index contributed by atoms with van der Waals surface area (Å²) in [4.78, 5) is 22.7. The number of rotatable bonds is 5. The lowest BCUT2D eigenvalue weighted by Gasteiger charge is -2.23. The highest BCUT2D eigenvalue weighted by molar-refractivity contribution is 9.10. The zero-order chi connectivity index (χ0) is 20.4. The zero-order valence-corrected chi connectivity index (χ0v) is 17.0. The van der Waals surface area contributed by atoms with Gasteiger partial charge in [-0.2, -0.15) is 0 Å². The third-order valence-corrected chi connectivity index (χ3v) is 4.42. The predicted molar refractivity (Wildman–Crippen MR) is 108 cm³/mol. The summed E-state index contributed by atoms with van der Waals surface area (Å²) in [5.74, 6) is -0.222.